The lowest BCUT2D eigenvalue weighted by atomic mass is 10.2. The second kappa shape index (κ2) is 3.35. The molecular formula is C10H18N2O3. The van der Waals surface area contributed by atoms with Gasteiger partial charge in [0.2, 0.25) is 0 Å². The summed E-state index contributed by atoms with van der Waals surface area (Å²) in [5.41, 5.74) is -0.475. The van der Waals surface area contributed by atoms with Gasteiger partial charge in [0.1, 0.15) is 5.60 Å². The summed E-state index contributed by atoms with van der Waals surface area (Å²) in [5.74, 6) is 0. The Morgan fingerprint density at radius 1 is 1.53 bits per heavy atom. The summed E-state index contributed by atoms with van der Waals surface area (Å²) in [7, 11) is 0. The van der Waals surface area contributed by atoms with Crippen LogP contribution < -0.4 is 5.32 Å². The summed E-state index contributed by atoms with van der Waals surface area (Å²) in [5, 5.41) is 12.9. The van der Waals surface area contributed by atoms with Crippen LogP contribution >= 0.6 is 0 Å². The Balaban J connectivity index is 1.99. The summed E-state index contributed by atoms with van der Waals surface area (Å²) in [6.07, 6.45) is -0.770. The Bertz CT molecular complexity index is 274. The average molecular weight is 214 g/mol. The molecule has 0 saturated carbocycles. The molecule has 2 aliphatic heterocycles. The maximum absolute atomic E-state index is 11.8. The molecule has 2 fully saturated rings. The maximum Gasteiger partial charge on any atom is 0.410 e. The molecule has 15 heavy (non-hydrogen) atoms. The van der Waals surface area contributed by atoms with E-state index in [9.17, 15) is 9.90 Å². The number of fused-ring (bicyclic) bond motifs is 2. The predicted molar refractivity (Wildman–Crippen MR) is 54.5 cm³/mol. The van der Waals surface area contributed by atoms with Crippen LogP contribution in [0.15, 0.2) is 0 Å². The first-order valence-electron chi connectivity index (χ1n) is 5.29. The number of aliphatic hydroxyl groups is 1. The van der Waals surface area contributed by atoms with Gasteiger partial charge in [-0.3, -0.25) is 4.90 Å². The topological polar surface area (TPSA) is 61.8 Å². The van der Waals surface area contributed by atoms with E-state index in [1.807, 2.05) is 20.8 Å². The smallest absolute Gasteiger partial charge is 0.410 e. The number of carbonyl (C=O) groups is 1. The average Bonchev–Trinajstić information content (AvgIpc) is 2.59. The van der Waals surface area contributed by atoms with E-state index in [1.165, 1.54) is 0 Å². The molecule has 0 aromatic carbocycles. The van der Waals surface area contributed by atoms with Gasteiger partial charge in [-0.15, -0.1) is 0 Å². The molecule has 0 unspecified atom stereocenters. The second-order valence-corrected chi connectivity index (χ2v) is 5.21. The molecule has 2 saturated heterocycles. The SMILES string of the molecule is CC(C)(C)OC(=O)N1C[C@@H]2NC[C@H]1[C@@H]2O. The van der Waals surface area contributed by atoms with Crippen molar-refractivity contribution in [3.05, 3.63) is 0 Å². The molecule has 0 aliphatic carbocycles. The Labute approximate surface area is 89.4 Å². The summed E-state index contributed by atoms with van der Waals surface area (Å²) >= 11 is 0. The largest absolute Gasteiger partial charge is 0.444 e. The van der Waals surface area contributed by atoms with Gasteiger partial charge in [-0.05, 0) is 20.8 Å². The van der Waals surface area contributed by atoms with Gasteiger partial charge in [0.05, 0.1) is 18.2 Å². The van der Waals surface area contributed by atoms with Gasteiger partial charge in [0, 0.05) is 13.1 Å². The molecule has 0 spiro atoms. The standard InChI is InChI=1S/C10H18N2O3/c1-10(2,3)15-9(14)12-5-6-8(13)7(12)4-11-6/h6-8,11,13H,4-5H2,1-3H3/t6-,7-,8+/m0/s1. The molecule has 2 N–H and O–H groups in total. The second-order valence-electron chi connectivity index (χ2n) is 5.21. The van der Waals surface area contributed by atoms with Gasteiger partial charge in [-0.1, -0.05) is 0 Å². The lowest BCUT2D eigenvalue weighted by Gasteiger charge is -2.30. The highest BCUT2D eigenvalue weighted by Gasteiger charge is 2.48. The van der Waals surface area contributed by atoms with Crippen LogP contribution in [0, 0.1) is 0 Å². The number of likely N-dealkylation sites (tertiary alicyclic amines) is 1. The van der Waals surface area contributed by atoms with Crippen LogP contribution in [0.25, 0.3) is 0 Å². The van der Waals surface area contributed by atoms with Gasteiger partial charge < -0.3 is 15.2 Å². The van der Waals surface area contributed by atoms with Crippen LogP contribution in [-0.4, -0.2) is 53.0 Å². The van der Waals surface area contributed by atoms with E-state index in [4.69, 9.17) is 4.74 Å². The third kappa shape index (κ3) is 1.94. The third-order valence-electron chi connectivity index (χ3n) is 2.82. The van der Waals surface area contributed by atoms with Crippen molar-refractivity contribution in [2.45, 2.75) is 44.6 Å². The van der Waals surface area contributed by atoms with Crippen LogP contribution in [0.3, 0.4) is 0 Å². The molecule has 5 nitrogen and oxygen atoms in total. The van der Waals surface area contributed by atoms with Gasteiger partial charge >= 0.3 is 6.09 Å². The molecule has 3 atom stereocenters. The highest BCUT2D eigenvalue weighted by molar-refractivity contribution is 5.69. The summed E-state index contributed by atoms with van der Waals surface area (Å²) in [6.45, 7) is 6.72. The fourth-order valence-corrected chi connectivity index (χ4v) is 2.13. The first-order valence-corrected chi connectivity index (χ1v) is 5.29. The number of hydrogen-bond donors (Lipinski definition) is 2. The number of carbonyl (C=O) groups excluding carboxylic acids is 1. The Kier molecular flexibility index (Phi) is 2.39. The van der Waals surface area contributed by atoms with E-state index < -0.39 is 11.7 Å². The highest BCUT2D eigenvalue weighted by Crippen LogP contribution is 2.25. The van der Waals surface area contributed by atoms with E-state index >= 15 is 0 Å². The molecule has 2 heterocycles. The van der Waals surface area contributed by atoms with Crippen LogP contribution in [0.5, 0.6) is 0 Å². The van der Waals surface area contributed by atoms with Crippen molar-refractivity contribution in [2.24, 2.45) is 0 Å². The highest BCUT2D eigenvalue weighted by atomic mass is 16.6. The van der Waals surface area contributed by atoms with Crippen molar-refractivity contribution >= 4 is 6.09 Å². The molecule has 1 amide bonds. The van der Waals surface area contributed by atoms with Crippen molar-refractivity contribution in [3.63, 3.8) is 0 Å². The minimum atomic E-state index is -0.475. The molecule has 2 rings (SSSR count). The quantitative estimate of drug-likeness (QED) is 0.593. The summed E-state index contributed by atoms with van der Waals surface area (Å²) < 4.78 is 5.27. The van der Waals surface area contributed by atoms with Gasteiger partial charge in [-0.2, -0.15) is 0 Å². The normalized spacial score (nSPS) is 34.7. The van der Waals surface area contributed by atoms with Gasteiger partial charge in [-0.25, -0.2) is 4.79 Å². The number of piperazine rings is 1. The minimum absolute atomic E-state index is 0.0162. The van der Waals surface area contributed by atoms with Crippen molar-refractivity contribution in [1.82, 2.24) is 10.2 Å². The minimum Gasteiger partial charge on any atom is -0.444 e. The zero-order valence-corrected chi connectivity index (χ0v) is 9.36. The summed E-state index contributed by atoms with van der Waals surface area (Å²) in [4.78, 5) is 13.4. The molecule has 0 aromatic rings. The number of rotatable bonds is 0. The van der Waals surface area contributed by atoms with E-state index in [0.717, 1.165) is 0 Å². The molecule has 2 bridgehead atoms. The predicted octanol–water partition coefficient (Wildman–Crippen LogP) is -0.0616. The van der Waals surface area contributed by atoms with Crippen LogP contribution in [0.1, 0.15) is 20.8 Å². The van der Waals surface area contributed by atoms with Crippen molar-refractivity contribution in [2.75, 3.05) is 13.1 Å². The molecule has 2 aliphatic rings. The maximum atomic E-state index is 11.8. The Hall–Kier alpha value is -0.810. The van der Waals surface area contributed by atoms with Crippen LogP contribution in [0.4, 0.5) is 4.79 Å². The number of nitrogens with one attached hydrogen (secondary N) is 1. The number of amides is 1. The molecule has 5 heteroatoms. The number of hydrogen-bond acceptors (Lipinski definition) is 4. The van der Waals surface area contributed by atoms with Gasteiger partial charge in [0.25, 0.3) is 0 Å². The first kappa shape index (κ1) is 10.7. The van der Waals surface area contributed by atoms with Gasteiger partial charge in [0.15, 0.2) is 0 Å². The molecule has 0 aromatic heterocycles. The van der Waals surface area contributed by atoms with E-state index in [1.54, 1.807) is 4.90 Å². The Morgan fingerprint density at radius 3 is 2.60 bits per heavy atom. The molecular weight excluding hydrogens is 196 g/mol. The number of nitrogens with zero attached hydrogens (tertiary/aromatic N) is 1. The molecule has 0 radical (unpaired) electrons. The third-order valence-corrected chi connectivity index (χ3v) is 2.82. The lowest BCUT2D eigenvalue weighted by Crippen LogP contribution is -2.48. The summed E-state index contributed by atoms with van der Waals surface area (Å²) in [6, 6.07) is -0.104. The fourth-order valence-electron chi connectivity index (χ4n) is 2.13. The zero-order chi connectivity index (χ0) is 11.2. The van der Waals surface area contributed by atoms with Crippen LogP contribution in [0.2, 0.25) is 0 Å². The number of ether oxygens (including phenoxy) is 1. The van der Waals surface area contributed by atoms with E-state index in [0.29, 0.717) is 13.1 Å². The first-order chi connectivity index (χ1) is 6.88. The van der Waals surface area contributed by atoms with Crippen molar-refractivity contribution in [1.29, 1.82) is 0 Å². The van der Waals surface area contributed by atoms with E-state index in [-0.39, 0.29) is 18.2 Å². The fraction of sp³-hybridized carbons (Fsp3) is 0.900. The molecule has 86 valence electrons. The Morgan fingerprint density at radius 2 is 2.20 bits per heavy atom. The monoisotopic (exact) mass is 214 g/mol. The van der Waals surface area contributed by atoms with Crippen LogP contribution in [-0.2, 0) is 4.74 Å². The van der Waals surface area contributed by atoms with Crippen molar-refractivity contribution in [3.8, 4) is 0 Å². The zero-order valence-electron chi connectivity index (χ0n) is 9.36. The number of aliphatic hydroxyl groups excluding tert-OH is 1. The van der Waals surface area contributed by atoms with Crippen molar-refractivity contribution < 1.29 is 14.6 Å². The van der Waals surface area contributed by atoms with E-state index in [2.05, 4.69) is 5.32 Å². The lowest BCUT2D eigenvalue weighted by molar-refractivity contribution is 0.0164.